The fourth-order valence-electron chi connectivity index (χ4n) is 5.85. The number of nitrogens with zero attached hydrogens (tertiary/aromatic N) is 4. The Kier molecular flexibility index (Phi) is 12.2. The van der Waals surface area contributed by atoms with Crippen LogP contribution in [-0.4, -0.2) is 52.2 Å². The Morgan fingerprint density at radius 3 is 1.43 bits per heavy atom. The molecule has 286 valence electrons. The predicted octanol–water partition coefficient (Wildman–Crippen LogP) is 5.28. The predicted molar refractivity (Wildman–Crippen MR) is 212 cm³/mol. The molecule has 0 saturated carbocycles. The third-order valence-corrected chi connectivity index (χ3v) is 13.6. The van der Waals surface area contributed by atoms with E-state index in [-0.39, 0.29) is 54.9 Å². The second kappa shape index (κ2) is 15.2. The molecule has 0 aliphatic carbocycles. The summed E-state index contributed by atoms with van der Waals surface area (Å²) in [6.07, 6.45) is 6.09. The van der Waals surface area contributed by atoms with Gasteiger partial charge in [-0.1, -0.05) is 35.4 Å². The van der Waals surface area contributed by atoms with E-state index in [2.05, 4.69) is 15.9 Å². The van der Waals surface area contributed by atoms with Gasteiger partial charge >= 0.3 is 7.12 Å². The van der Waals surface area contributed by atoms with Crippen LogP contribution in [0.1, 0.15) is 38.8 Å². The van der Waals surface area contributed by atoms with Gasteiger partial charge in [-0.2, -0.15) is 0 Å². The molecule has 0 bridgehead atoms. The summed E-state index contributed by atoms with van der Waals surface area (Å²) in [4.78, 5) is 25.6. The normalized spacial score (nSPS) is 15.0. The number of rotatable bonds is 5. The molecule has 1 aliphatic heterocycles. The average molecular weight is 1010 g/mol. The molecule has 0 radical (unpaired) electrons. The van der Waals surface area contributed by atoms with Gasteiger partial charge in [-0.15, -0.1) is 0 Å². The van der Waals surface area contributed by atoms with Gasteiger partial charge in [0.05, 0.1) is 21.0 Å². The van der Waals surface area contributed by atoms with Crippen LogP contribution in [0.25, 0.3) is 21.8 Å². The zero-order chi connectivity index (χ0) is 38.1. The minimum Gasteiger partial charge on any atom is -0.399 e. The van der Waals surface area contributed by atoms with E-state index in [1.807, 2.05) is 41.5 Å². The van der Waals surface area contributed by atoms with E-state index in [1.54, 1.807) is 87.2 Å². The first-order valence-corrected chi connectivity index (χ1v) is 19.9. The zero-order valence-electron chi connectivity index (χ0n) is 31.3. The van der Waals surface area contributed by atoms with Crippen LogP contribution in [0.5, 0.6) is 0 Å². The molecule has 54 heavy (non-hydrogen) atoms. The maximum Gasteiger partial charge on any atom is 0.497 e. The fraction of sp³-hybridized carbons (Fsp3) is 0.270. The Labute approximate surface area is 338 Å². The summed E-state index contributed by atoms with van der Waals surface area (Å²) in [6, 6.07) is 16.3. The fourth-order valence-corrected chi connectivity index (χ4v) is 9.17. The van der Waals surface area contributed by atoms with Gasteiger partial charge in [0.25, 0.3) is 31.2 Å². The number of aromatic nitrogens is 4. The van der Waals surface area contributed by atoms with Crippen LogP contribution < -0.4 is 16.6 Å². The van der Waals surface area contributed by atoms with Gasteiger partial charge in [-0.25, -0.2) is 24.8 Å². The Morgan fingerprint density at radius 2 is 1.00 bits per heavy atom. The molecular weight excluding hydrogens is 967 g/mol. The van der Waals surface area contributed by atoms with Crippen LogP contribution >= 0.6 is 15.9 Å². The smallest absolute Gasteiger partial charge is 0.399 e. The van der Waals surface area contributed by atoms with Crippen LogP contribution in [0.4, 0.5) is 0 Å². The Hall–Kier alpha value is -3.53. The third-order valence-electron chi connectivity index (χ3n) is 9.62. The topological polar surface area (TPSA) is 141 Å². The molecular formula is C37H41BBrN4O8S2W-. The van der Waals surface area contributed by atoms with E-state index in [9.17, 15) is 26.4 Å². The van der Waals surface area contributed by atoms with Crippen LogP contribution in [0.15, 0.2) is 109 Å². The molecule has 0 spiro atoms. The number of fused-ring (bicyclic) bond motifs is 2. The summed E-state index contributed by atoms with van der Waals surface area (Å²) < 4.78 is 69.9. The van der Waals surface area contributed by atoms with E-state index in [1.165, 1.54) is 21.5 Å². The van der Waals surface area contributed by atoms with Crippen molar-refractivity contribution in [3.63, 3.8) is 0 Å². The van der Waals surface area contributed by atoms with Gasteiger partial charge < -0.3 is 25.9 Å². The number of aryl methyl sites for hydroxylation is 4. The Bertz CT molecular complexity index is 2700. The quantitative estimate of drug-likeness (QED) is 0.168. The van der Waals surface area contributed by atoms with E-state index in [4.69, 9.17) is 9.31 Å². The molecule has 1 aliphatic rings. The van der Waals surface area contributed by atoms with Gasteiger partial charge in [-0.05, 0) is 93.9 Å². The molecule has 7 rings (SSSR count). The van der Waals surface area contributed by atoms with Crippen molar-refractivity contribution in [3.8, 4) is 0 Å². The van der Waals surface area contributed by atoms with Crippen LogP contribution in [-0.2, 0) is 64.5 Å². The number of pyridine rings is 2. The molecule has 0 unspecified atom stereocenters. The molecule has 1 fully saturated rings. The largest absolute Gasteiger partial charge is 0.497 e. The molecule has 1 saturated heterocycles. The third kappa shape index (κ3) is 7.40. The molecule has 5 heterocycles. The Morgan fingerprint density at radius 1 is 0.630 bits per heavy atom. The van der Waals surface area contributed by atoms with Gasteiger partial charge in [0.1, 0.15) is 11.0 Å². The molecule has 17 heteroatoms. The van der Waals surface area contributed by atoms with Crippen molar-refractivity contribution in [3.05, 3.63) is 129 Å². The maximum atomic E-state index is 13.3. The second-order valence-electron chi connectivity index (χ2n) is 13.9. The first-order valence-electron chi connectivity index (χ1n) is 16.2. The average Bonchev–Trinajstić information content (AvgIpc) is 3.78. The molecule has 2 aromatic carbocycles. The standard InChI is InChI=1S/C21H25BN2O5S.C15H13BrN2O3S.CH3.W/c1-14-7-9-15(10-8-14)30(26,27)24-12-11-16-17(13-23(6)19(25)18(16)24)22-28-20(2,3)21(4,5)29-22;1-10-3-5-11(6-4-10)22(20,21)18-8-7-12-13(16)9-17(2)15(19)14(12)18;;/h7-13H,1-6H3;3-9H,1-2H3;1H3;/q;;-1;. The first-order chi connectivity index (χ1) is 24.2. The maximum absolute atomic E-state index is 13.3. The molecule has 12 nitrogen and oxygen atoms in total. The number of hydrogen-bond donors (Lipinski definition) is 0. The van der Waals surface area contributed by atoms with Crippen molar-refractivity contribution in [2.24, 2.45) is 14.1 Å². The monoisotopic (exact) mass is 1010 g/mol. The summed E-state index contributed by atoms with van der Waals surface area (Å²) >= 11 is 3.36. The van der Waals surface area contributed by atoms with E-state index < -0.39 is 43.9 Å². The molecule has 0 amide bonds. The SMILES string of the molecule is Cc1ccc(S(=O)(=O)n2ccc3c(B4OC(C)(C)C(C)(C)O4)cn(C)c(=O)c32)cc1.Cc1ccc(S(=O)(=O)n2ccc3c(Br)cn(C)c(=O)c32)cc1.[CH3-].[W]. The van der Waals surface area contributed by atoms with Gasteiger partial charge in [-0.3, -0.25) is 9.59 Å². The molecule has 0 N–H and O–H groups in total. The summed E-state index contributed by atoms with van der Waals surface area (Å²) in [5.74, 6) is 0. The number of benzene rings is 2. The molecule has 6 aromatic rings. The van der Waals surface area contributed by atoms with E-state index in [0.29, 0.717) is 20.7 Å². The first kappa shape index (κ1) is 43.2. The summed E-state index contributed by atoms with van der Waals surface area (Å²) in [6.45, 7) is 11.5. The van der Waals surface area contributed by atoms with Crippen molar-refractivity contribution in [2.45, 2.75) is 62.5 Å². The van der Waals surface area contributed by atoms with Crippen molar-refractivity contribution >= 4 is 70.4 Å². The molecule has 0 atom stereocenters. The van der Waals surface area contributed by atoms with Crippen molar-refractivity contribution in [1.29, 1.82) is 0 Å². The molecule has 4 aromatic heterocycles. The minimum atomic E-state index is -3.94. The minimum absolute atomic E-state index is 0. The van der Waals surface area contributed by atoms with Crippen LogP contribution in [0.3, 0.4) is 0 Å². The van der Waals surface area contributed by atoms with E-state index in [0.717, 1.165) is 19.1 Å². The van der Waals surface area contributed by atoms with Crippen LogP contribution in [0, 0.1) is 21.3 Å². The van der Waals surface area contributed by atoms with Crippen LogP contribution in [0.2, 0.25) is 0 Å². The van der Waals surface area contributed by atoms with Crippen molar-refractivity contribution in [2.75, 3.05) is 0 Å². The van der Waals surface area contributed by atoms with Gasteiger partial charge in [0.15, 0.2) is 0 Å². The summed E-state index contributed by atoms with van der Waals surface area (Å²) in [5, 5.41) is 1.06. The zero-order valence-corrected chi connectivity index (χ0v) is 37.5. The van der Waals surface area contributed by atoms with Gasteiger partial charge in [0.2, 0.25) is 0 Å². The Balaban J connectivity index is 0.000000242. The number of halogens is 1. The van der Waals surface area contributed by atoms with Crippen molar-refractivity contribution in [1.82, 2.24) is 17.1 Å². The number of hydrogen-bond acceptors (Lipinski definition) is 8. The van der Waals surface area contributed by atoms with Crippen molar-refractivity contribution < 1.29 is 47.2 Å². The van der Waals surface area contributed by atoms with Gasteiger partial charge in [0, 0.05) is 80.7 Å². The second-order valence-corrected chi connectivity index (χ2v) is 18.3. The summed E-state index contributed by atoms with van der Waals surface area (Å²) in [5.41, 5.74) is 0.848. The van der Waals surface area contributed by atoms with E-state index >= 15 is 0 Å². The summed E-state index contributed by atoms with van der Waals surface area (Å²) in [7, 11) is -5.30.